The van der Waals surface area contributed by atoms with E-state index in [2.05, 4.69) is 16.0 Å². The molecular formula is C21H21F3N4O4. The number of hydrogen-bond acceptors (Lipinski definition) is 4. The van der Waals surface area contributed by atoms with E-state index in [0.29, 0.717) is 37.6 Å². The lowest BCUT2D eigenvalue weighted by Gasteiger charge is -2.26. The smallest absolute Gasteiger partial charge is 0.378 e. The fraction of sp³-hybridized carbons (Fsp3) is 0.286. The number of alkyl halides is 3. The largest absolute Gasteiger partial charge is 0.416 e. The maximum Gasteiger partial charge on any atom is 0.416 e. The number of carbonyl (C=O) groups excluding carboxylic acids is 3. The number of hydrogen-bond donors (Lipinski definition) is 3. The van der Waals surface area contributed by atoms with E-state index in [1.165, 1.54) is 24.3 Å². The Balaban J connectivity index is 1.47. The van der Waals surface area contributed by atoms with E-state index < -0.39 is 23.7 Å². The lowest BCUT2D eigenvalue weighted by atomic mass is 10.2. The second kappa shape index (κ2) is 10.1. The van der Waals surface area contributed by atoms with Gasteiger partial charge in [-0.3, -0.25) is 9.59 Å². The highest BCUT2D eigenvalue weighted by atomic mass is 19.4. The van der Waals surface area contributed by atoms with E-state index in [0.717, 1.165) is 24.3 Å². The quantitative estimate of drug-likeness (QED) is 0.652. The number of morpholine rings is 1. The Bertz CT molecular complexity index is 957. The molecular weight excluding hydrogens is 429 g/mol. The summed E-state index contributed by atoms with van der Waals surface area (Å²) in [4.78, 5) is 37.9. The number of ether oxygens (including phenoxy) is 1. The fourth-order valence-electron chi connectivity index (χ4n) is 2.92. The predicted octanol–water partition coefficient (Wildman–Crippen LogP) is 2.94. The Morgan fingerprint density at radius 1 is 0.875 bits per heavy atom. The maximum atomic E-state index is 12.6. The van der Waals surface area contributed by atoms with Crippen LogP contribution in [0.25, 0.3) is 0 Å². The Kier molecular flexibility index (Phi) is 7.31. The highest BCUT2D eigenvalue weighted by Crippen LogP contribution is 2.29. The van der Waals surface area contributed by atoms with E-state index in [9.17, 15) is 27.6 Å². The predicted molar refractivity (Wildman–Crippen MR) is 110 cm³/mol. The van der Waals surface area contributed by atoms with Gasteiger partial charge in [-0.1, -0.05) is 0 Å². The molecule has 0 saturated carbocycles. The van der Waals surface area contributed by atoms with E-state index >= 15 is 0 Å². The van der Waals surface area contributed by atoms with Gasteiger partial charge >= 0.3 is 12.2 Å². The molecule has 1 fully saturated rings. The first kappa shape index (κ1) is 23.1. The summed E-state index contributed by atoms with van der Waals surface area (Å²) in [6.07, 6.45) is -4.45. The zero-order chi connectivity index (χ0) is 23.1. The number of halogens is 3. The Labute approximate surface area is 181 Å². The summed E-state index contributed by atoms with van der Waals surface area (Å²) in [5.41, 5.74) is 0.0456. The number of amides is 4. The molecule has 4 amide bonds. The van der Waals surface area contributed by atoms with Crippen LogP contribution in [-0.2, 0) is 15.7 Å². The van der Waals surface area contributed by atoms with Gasteiger partial charge in [0.15, 0.2) is 0 Å². The molecule has 1 aliphatic heterocycles. The van der Waals surface area contributed by atoms with Crippen LogP contribution in [0.1, 0.15) is 15.9 Å². The standard InChI is InChI=1S/C21H21F3N4O4/c22-21(23,24)15-3-7-17(8-4-15)27-20(31)26-16-5-1-14(2-6-16)19(30)25-13-18(29)28-9-11-32-12-10-28/h1-8H,9-13H2,(H,25,30)(H2,26,27,31). The van der Waals surface area contributed by atoms with Gasteiger partial charge in [-0.05, 0) is 48.5 Å². The van der Waals surface area contributed by atoms with Crippen LogP contribution in [0.2, 0.25) is 0 Å². The number of urea groups is 1. The summed E-state index contributed by atoms with van der Waals surface area (Å²) >= 11 is 0. The molecule has 8 nitrogen and oxygen atoms in total. The minimum atomic E-state index is -4.45. The van der Waals surface area contributed by atoms with Crippen molar-refractivity contribution >= 4 is 29.2 Å². The second-order valence-electron chi connectivity index (χ2n) is 6.91. The van der Waals surface area contributed by atoms with Crippen molar-refractivity contribution in [3.05, 3.63) is 59.7 Å². The minimum absolute atomic E-state index is 0.131. The van der Waals surface area contributed by atoms with Crippen LogP contribution < -0.4 is 16.0 Å². The first-order valence-electron chi connectivity index (χ1n) is 9.71. The minimum Gasteiger partial charge on any atom is -0.378 e. The lowest BCUT2D eigenvalue weighted by Crippen LogP contribution is -2.45. The topological polar surface area (TPSA) is 99.8 Å². The van der Waals surface area contributed by atoms with Gasteiger partial charge < -0.3 is 25.6 Å². The fourth-order valence-corrected chi connectivity index (χ4v) is 2.92. The molecule has 0 aromatic heterocycles. The summed E-state index contributed by atoms with van der Waals surface area (Å²) in [5, 5.41) is 7.49. The highest BCUT2D eigenvalue weighted by molar-refractivity contribution is 6.00. The second-order valence-corrected chi connectivity index (χ2v) is 6.91. The normalized spacial score (nSPS) is 13.9. The van der Waals surface area contributed by atoms with Crippen LogP contribution >= 0.6 is 0 Å². The zero-order valence-corrected chi connectivity index (χ0v) is 16.9. The molecule has 1 heterocycles. The van der Waals surface area contributed by atoms with E-state index in [1.54, 1.807) is 4.90 Å². The van der Waals surface area contributed by atoms with Gasteiger partial charge in [0.25, 0.3) is 5.91 Å². The van der Waals surface area contributed by atoms with Crippen molar-refractivity contribution in [3.63, 3.8) is 0 Å². The molecule has 32 heavy (non-hydrogen) atoms. The third-order valence-electron chi connectivity index (χ3n) is 4.64. The lowest BCUT2D eigenvalue weighted by molar-refractivity contribution is -0.137. The Hall–Kier alpha value is -3.60. The molecule has 170 valence electrons. The summed E-state index contributed by atoms with van der Waals surface area (Å²) < 4.78 is 42.9. The average molecular weight is 450 g/mol. The van der Waals surface area contributed by atoms with Gasteiger partial charge in [0.2, 0.25) is 5.91 Å². The third kappa shape index (κ3) is 6.45. The Morgan fingerprint density at radius 2 is 1.41 bits per heavy atom. The number of anilines is 2. The zero-order valence-electron chi connectivity index (χ0n) is 16.9. The number of benzene rings is 2. The van der Waals surface area contributed by atoms with E-state index in [1.807, 2.05) is 0 Å². The SMILES string of the molecule is O=C(Nc1ccc(C(=O)NCC(=O)N2CCOCC2)cc1)Nc1ccc(C(F)(F)F)cc1. The number of carbonyl (C=O) groups is 3. The van der Waals surface area contributed by atoms with E-state index in [-0.39, 0.29) is 18.1 Å². The third-order valence-corrected chi connectivity index (χ3v) is 4.64. The van der Waals surface area contributed by atoms with Crippen LogP contribution in [0.4, 0.5) is 29.3 Å². The molecule has 1 saturated heterocycles. The molecule has 0 unspecified atom stereocenters. The van der Waals surface area contributed by atoms with Crippen molar-refractivity contribution in [1.82, 2.24) is 10.2 Å². The first-order chi connectivity index (χ1) is 15.2. The summed E-state index contributed by atoms with van der Waals surface area (Å²) in [5.74, 6) is -0.632. The molecule has 0 bridgehead atoms. The van der Waals surface area contributed by atoms with Crippen molar-refractivity contribution in [2.24, 2.45) is 0 Å². The molecule has 3 N–H and O–H groups in total. The molecule has 0 spiro atoms. The van der Waals surface area contributed by atoms with Gasteiger partial charge in [-0.25, -0.2) is 4.79 Å². The molecule has 11 heteroatoms. The molecule has 0 radical (unpaired) electrons. The molecule has 0 aliphatic carbocycles. The van der Waals surface area contributed by atoms with Crippen LogP contribution in [-0.4, -0.2) is 55.6 Å². The van der Waals surface area contributed by atoms with Crippen molar-refractivity contribution in [1.29, 1.82) is 0 Å². The van der Waals surface area contributed by atoms with Crippen molar-refractivity contribution in [2.75, 3.05) is 43.5 Å². The van der Waals surface area contributed by atoms with Crippen molar-refractivity contribution < 1.29 is 32.3 Å². The number of nitrogens with one attached hydrogen (secondary N) is 3. The number of nitrogens with zero attached hydrogens (tertiary/aromatic N) is 1. The van der Waals surface area contributed by atoms with Gasteiger partial charge in [-0.15, -0.1) is 0 Å². The highest BCUT2D eigenvalue weighted by Gasteiger charge is 2.30. The molecule has 0 atom stereocenters. The maximum absolute atomic E-state index is 12.6. The van der Waals surface area contributed by atoms with Crippen LogP contribution in [0, 0.1) is 0 Å². The van der Waals surface area contributed by atoms with Crippen LogP contribution in [0.5, 0.6) is 0 Å². The summed E-state index contributed by atoms with van der Waals surface area (Å²) in [6, 6.07) is 9.31. The van der Waals surface area contributed by atoms with E-state index in [4.69, 9.17) is 4.74 Å². The van der Waals surface area contributed by atoms with Crippen LogP contribution in [0.15, 0.2) is 48.5 Å². The first-order valence-corrected chi connectivity index (χ1v) is 9.71. The van der Waals surface area contributed by atoms with Crippen molar-refractivity contribution in [3.8, 4) is 0 Å². The molecule has 2 aromatic rings. The molecule has 2 aromatic carbocycles. The van der Waals surface area contributed by atoms with Gasteiger partial charge in [0.1, 0.15) is 0 Å². The molecule has 3 rings (SSSR count). The average Bonchev–Trinajstić information content (AvgIpc) is 2.78. The van der Waals surface area contributed by atoms with Crippen LogP contribution in [0.3, 0.4) is 0 Å². The Morgan fingerprint density at radius 3 is 1.94 bits per heavy atom. The van der Waals surface area contributed by atoms with Gasteiger partial charge in [-0.2, -0.15) is 13.2 Å². The number of rotatable bonds is 5. The van der Waals surface area contributed by atoms with Gasteiger partial charge in [0, 0.05) is 30.0 Å². The molecule has 1 aliphatic rings. The van der Waals surface area contributed by atoms with Crippen molar-refractivity contribution in [2.45, 2.75) is 6.18 Å². The summed E-state index contributed by atoms with van der Waals surface area (Å²) in [6.45, 7) is 1.79. The van der Waals surface area contributed by atoms with Gasteiger partial charge in [0.05, 0.1) is 25.3 Å². The monoisotopic (exact) mass is 450 g/mol. The summed E-state index contributed by atoms with van der Waals surface area (Å²) in [7, 11) is 0.